The number of ether oxygens (including phenoxy) is 1. The Morgan fingerprint density at radius 2 is 1.81 bits per heavy atom. The molecule has 27 heavy (non-hydrogen) atoms. The number of benzene rings is 1. The molecule has 2 aromatic rings. The molecule has 6 heteroatoms. The van der Waals surface area contributed by atoms with Gasteiger partial charge in [0.05, 0.1) is 24.6 Å². The first-order valence-electron chi connectivity index (χ1n) is 9.36. The standard InChI is InChI=1S/C21H28N4O2/c1-14-11-17(12-15(2)18(14)13-22-4)21(26)24-19-5-6-20(23-16(19)3)25-7-9-27-10-8-25/h5-6,11-12,22H,7-10,13H2,1-4H3,(H,24,26). The van der Waals surface area contributed by atoms with Gasteiger partial charge in [0.25, 0.3) is 5.91 Å². The molecule has 1 aromatic heterocycles. The summed E-state index contributed by atoms with van der Waals surface area (Å²) in [6, 6.07) is 7.78. The average Bonchev–Trinajstić information content (AvgIpc) is 2.66. The zero-order valence-corrected chi connectivity index (χ0v) is 16.6. The lowest BCUT2D eigenvalue weighted by atomic mass is 9.99. The number of nitrogens with zero attached hydrogens (tertiary/aromatic N) is 2. The monoisotopic (exact) mass is 368 g/mol. The van der Waals surface area contributed by atoms with E-state index < -0.39 is 0 Å². The molecule has 0 saturated carbocycles. The van der Waals surface area contributed by atoms with Gasteiger partial charge < -0.3 is 20.3 Å². The highest BCUT2D eigenvalue weighted by Crippen LogP contribution is 2.22. The summed E-state index contributed by atoms with van der Waals surface area (Å²) in [7, 11) is 1.93. The summed E-state index contributed by atoms with van der Waals surface area (Å²) in [6.07, 6.45) is 0. The SMILES string of the molecule is CNCc1c(C)cc(C(=O)Nc2ccc(N3CCOCC3)nc2C)cc1C. The van der Waals surface area contributed by atoms with Gasteiger partial charge in [0.1, 0.15) is 5.82 Å². The maximum absolute atomic E-state index is 12.7. The Kier molecular flexibility index (Phi) is 6.08. The third kappa shape index (κ3) is 4.46. The van der Waals surface area contributed by atoms with Crippen LogP contribution in [0.4, 0.5) is 11.5 Å². The molecule has 0 aliphatic carbocycles. The summed E-state index contributed by atoms with van der Waals surface area (Å²) in [5, 5.41) is 6.18. The van der Waals surface area contributed by atoms with Crippen LogP contribution in [0.1, 0.15) is 32.7 Å². The normalized spacial score (nSPS) is 14.3. The van der Waals surface area contributed by atoms with Gasteiger partial charge in [0.15, 0.2) is 0 Å². The van der Waals surface area contributed by atoms with Gasteiger partial charge in [-0.15, -0.1) is 0 Å². The Balaban J connectivity index is 1.76. The zero-order valence-electron chi connectivity index (χ0n) is 16.6. The number of rotatable bonds is 5. The predicted octanol–water partition coefficient (Wildman–Crippen LogP) is 2.82. The van der Waals surface area contributed by atoms with Crippen molar-refractivity contribution < 1.29 is 9.53 Å². The lowest BCUT2D eigenvalue weighted by Gasteiger charge is -2.28. The number of hydrogen-bond acceptors (Lipinski definition) is 5. The number of aromatic nitrogens is 1. The topological polar surface area (TPSA) is 66.5 Å². The predicted molar refractivity (Wildman–Crippen MR) is 109 cm³/mol. The van der Waals surface area contributed by atoms with E-state index in [1.807, 2.05) is 52.1 Å². The van der Waals surface area contributed by atoms with Gasteiger partial charge in [-0.2, -0.15) is 0 Å². The average molecular weight is 368 g/mol. The number of carbonyl (C=O) groups excluding carboxylic acids is 1. The maximum atomic E-state index is 12.7. The summed E-state index contributed by atoms with van der Waals surface area (Å²) in [5.74, 6) is 0.818. The lowest BCUT2D eigenvalue weighted by molar-refractivity contribution is 0.102. The van der Waals surface area contributed by atoms with E-state index in [0.29, 0.717) is 5.56 Å². The first kappa shape index (κ1) is 19.3. The second kappa shape index (κ2) is 8.50. The molecule has 1 aliphatic heterocycles. The van der Waals surface area contributed by atoms with Crippen molar-refractivity contribution in [3.05, 3.63) is 52.2 Å². The van der Waals surface area contributed by atoms with Crippen LogP contribution >= 0.6 is 0 Å². The van der Waals surface area contributed by atoms with E-state index in [2.05, 4.69) is 20.5 Å². The fourth-order valence-corrected chi connectivity index (χ4v) is 3.42. The Hall–Kier alpha value is -2.44. The van der Waals surface area contributed by atoms with Crippen molar-refractivity contribution in [2.75, 3.05) is 43.6 Å². The molecular weight excluding hydrogens is 340 g/mol. The minimum Gasteiger partial charge on any atom is -0.378 e. The molecule has 144 valence electrons. The number of amides is 1. The van der Waals surface area contributed by atoms with Crippen LogP contribution in [0.3, 0.4) is 0 Å². The van der Waals surface area contributed by atoms with Gasteiger partial charge in [-0.3, -0.25) is 4.79 Å². The molecule has 0 spiro atoms. The van der Waals surface area contributed by atoms with Crippen molar-refractivity contribution in [1.29, 1.82) is 0 Å². The molecule has 1 amide bonds. The lowest BCUT2D eigenvalue weighted by Crippen LogP contribution is -2.36. The molecule has 1 aromatic carbocycles. The van der Waals surface area contributed by atoms with Crippen LogP contribution in [-0.2, 0) is 11.3 Å². The second-order valence-corrected chi connectivity index (χ2v) is 6.97. The number of pyridine rings is 1. The van der Waals surface area contributed by atoms with Crippen LogP contribution in [0.25, 0.3) is 0 Å². The largest absolute Gasteiger partial charge is 0.378 e. The molecule has 0 radical (unpaired) electrons. The first-order chi connectivity index (χ1) is 13.0. The molecule has 1 aliphatic rings. The van der Waals surface area contributed by atoms with Crippen LogP contribution in [0.2, 0.25) is 0 Å². The van der Waals surface area contributed by atoms with E-state index in [4.69, 9.17) is 4.74 Å². The molecule has 0 unspecified atom stereocenters. The van der Waals surface area contributed by atoms with Gasteiger partial charge in [0, 0.05) is 25.2 Å². The third-order valence-corrected chi connectivity index (χ3v) is 4.97. The molecule has 0 bridgehead atoms. The highest BCUT2D eigenvalue weighted by molar-refractivity contribution is 6.04. The van der Waals surface area contributed by atoms with Crippen molar-refractivity contribution in [3.63, 3.8) is 0 Å². The Morgan fingerprint density at radius 1 is 1.15 bits per heavy atom. The highest BCUT2D eigenvalue weighted by atomic mass is 16.5. The van der Waals surface area contributed by atoms with Gasteiger partial charge in [-0.25, -0.2) is 4.98 Å². The van der Waals surface area contributed by atoms with E-state index in [1.165, 1.54) is 5.56 Å². The Labute approximate surface area is 160 Å². The number of morpholine rings is 1. The van der Waals surface area contributed by atoms with E-state index in [0.717, 1.165) is 61.2 Å². The molecule has 1 fully saturated rings. The van der Waals surface area contributed by atoms with Crippen LogP contribution in [0.15, 0.2) is 24.3 Å². The van der Waals surface area contributed by atoms with E-state index in [9.17, 15) is 4.79 Å². The van der Waals surface area contributed by atoms with E-state index >= 15 is 0 Å². The summed E-state index contributed by atoms with van der Waals surface area (Å²) < 4.78 is 5.39. The third-order valence-electron chi connectivity index (χ3n) is 4.97. The summed E-state index contributed by atoms with van der Waals surface area (Å²) in [4.78, 5) is 19.6. The Bertz CT molecular complexity index is 806. The Morgan fingerprint density at radius 3 is 2.41 bits per heavy atom. The highest BCUT2D eigenvalue weighted by Gasteiger charge is 2.15. The van der Waals surface area contributed by atoms with Crippen molar-refractivity contribution in [2.24, 2.45) is 0 Å². The fourth-order valence-electron chi connectivity index (χ4n) is 3.42. The summed E-state index contributed by atoms with van der Waals surface area (Å²) in [5.41, 5.74) is 5.70. The van der Waals surface area contributed by atoms with Crippen LogP contribution < -0.4 is 15.5 Å². The number of hydrogen-bond donors (Lipinski definition) is 2. The number of carbonyl (C=O) groups is 1. The molecule has 2 heterocycles. The summed E-state index contributed by atoms with van der Waals surface area (Å²) >= 11 is 0. The number of nitrogens with one attached hydrogen (secondary N) is 2. The van der Waals surface area contributed by atoms with Gasteiger partial charge in [0.2, 0.25) is 0 Å². The smallest absolute Gasteiger partial charge is 0.255 e. The van der Waals surface area contributed by atoms with E-state index in [-0.39, 0.29) is 5.91 Å². The van der Waals surface area contributed by atoms with Gasteiger partial charge >= 0.3 is 0 Å². The maximum Gasteiger partial charge on any atom is 0.255 e. The fraction of sp³-hybridized carbons (Fsp3) is 0.429. The minimum atomic E-state index is -0.110. The second-order valence-electron chi connectivity index (χ2n) is 6.97. The van der Waals surface area contributed by atoms with Crippen molar-refractivity contribution in [2.45, 2.75) is 27.3 Å². The van der Waals surface area contributed by atoms with Crippen molar-refractivity contribution >= 4 is 17.4 Å². The molecule has 0 atom stereocenters. The van der Waals surface area contributed by atoms with Gasteiger partial charge in [-0.05, 0) is 68.8 Å². The van der Waals surface area contributed by atoms with Crippen molar-refractivity contribution in [3.8, 4) is 0 Å². The quantitative estimate of drug-likeness (QED) is 0.850. The minimum absolute atomic E-state index is 0.110. The molecular formula is C21H28N4O2. The molecule has 6 nitrogen and oxygen atoms in total. The molecule has 1 saturated heterocycles. The number of aryl methyl sites for hydroxylation is 3. The van der Waals surface area contributed by atoms with E-state index in [1.54, 1.807) is 0 Å². The van der Waals surface area contributed by atoms with Crippen LogP contribution in [0.5, 0.6) is 0 Å². The zero-order chi connectivity index (χ0) is 19.4. The molecule has 3 rings (SSSR count). The summed E-state index contributed by atoms with van der Waals surface area (Å²) in [6.45, 7) is 9.94. The van der Waals surface area contributed by atoms with Crippen molar-refractivity contribution in [1.82, 2.24) is 10.3 Å². The van der Waals surface area contributed by atoms with Gasteiger partial charge in [-0.1, -0.05) is 0 Å². The molecule has 2 N–H and O–H groups in total. The van der Waals surface area contributed by atoms with Crippen LogP contribution in [-0.4, -0.2) is 44.2 Å². The first-order valence-corrected chi connectivity index (χ1v) is 9.36. The number of anilines is 2. The van der Waals surface area contributed by atoms with Crippen LogP contribution in [0, 0.1) is 20.8 Å².